The number of hydrogen-bond donors (Lipinski definition) is 0. The van der Waals surface area contributed by atoms with Crippen molar-refractivity contribution < 1.29 is 57.0 Å². The molecule has 4 saturated heterocycles. The van der Waals surface area contributed by atoms with Crippen molar-refractivity contribution in [1.29, 1.82) is 0 Å². The van der Waals surface area contributed by atoms with Crippen LogP contribution in [0, 0.1) is 10.8 Å². The van der Waals surface area contributed by atoms with E-state index in [1.54, 1.807) is 24.3 Å². The second-order valence-corrected chi connectivity index (χ2v) is 17.6. The van der Waals surface area contributed by atoms with Gasteiger partial charge in [-0.3, -0.25) is 0 Å². The van der Waals surface area contributed by atoms with Gasteiger partial charge in [-0.1, -0.05) is 62.4 Å². The molecule has 0 aromatic heterocycles. The van der Waals surface area contributed by atoms with Crippen LogP contribution in [0.15, 0.2) is 97.1 Å². The number of carbonyl (C=O) groups is 2. The van der Waals surface area contributed by atoms with E-state index in [-0.39, 0.29) is 24.0 Å². The van der Waals surface area contributed by atoms with Crippen LogP contribution < -0.4 is 9.47 Å². The van der Waals surface area contributed by atoms with Gasteiger partial charge in [0.15, 0.2) is 12.2 Å². The van der Waals surface area contributed by atoms with Crippen molar-refractivity contribution in [3.63, 3.8) is 0 Å². The van der Waals surface area contributed by atoms with Gasteiger partial charge in [-0.25, -0.2) is 9.59 Å². The maximum absolute atomic E-state index is 13.2. The van der Waals surface area contributed by atoms with Gasteiger partial charge in [0.1, 0.15) is 23.7 Å². The molecule has 4 aliphatic heterocycles. The van der Waals surface area contributed by atoms with E-state index in [2.05, 4.69) is 13.8 Å². The first-order valence-electron chi connectivity index (χ1n) is 23.0. The number of rotatable bonds is 24. The first kappa shape index (κ1) is 45.7. The summed E-state index contributed by atoms with van der Waals surface area (Å²) >= 11 is 0. The quantitative estimate of drug-likeness (QED) is 0.0494. The van der Waals surface area contributed by atoms with E-state index < -0.39 is 36.4 Å². The van der Waals surface area contributed by atoms with E-state index in [0.29, 0.717) is 24.3 Å². The van der Waals surface area contributed by atoms with Crippen LogP contribution >= 0.6 is 0 Å². The highest BCUT2D eigenvalue weighted by atomic mass is 16.7. The van der Waals surface area contributed by atoms with Gasteiger partial charge >= 0.3 is 11.9 Å². The molecule has 12 heteroatoms. The number of unbranched alkanes of at least 4 members (excludes halogenated alkanes) is 2. The van der Waals surface area contributed by atoms with Crippen molar-refractivity contribution in [2.45, 2.75) is 76.8 Å². The summed E-state index contributed by atoms with van der Waals surface area (Å²) in [5.41, 5.74) is 5.23. The second-order valence-electron chi connectivity index (χ2n) is 17.6. The summed E-state index contributed by atoms with van der Waals surface area (Å²) < 4.78 is 58.0. The molecule has 0 bridgehead atoms. The zero-order valence-electron chi connectivity index (χ0n) is 37.2. The zero-order chi connectivity index (χ0) is 44.2. The maximum Gasteiger partial charge on any atom is 0.338 e. The van der Waals surface area contributed by atoms with E-state index >= 15 is 0 Å². The lowest BCUT2D eigenvalue weighted by Gasteiger charge is -2.40. The number of ether oxygens (including phenoxy) is 10. The Morgan fingerprint density at radius 1 is 0.500 bits per heavy atom. The van der Waals surface area contributed by atoms with Gasteiger partial charge in [0.2, 0.25) is 0 Å². The Hall–Kier alpha value is -4.82. The van der Waals surface area contributed by atoms with Crippen LogP contribution in [-0.2, 0) is 37.9 Å². The molecule has 4 fully saturated rings. The van der Waals surface area contributed by atoms with Crippen LogP contribution in [0.1, 0.15) is 73.1 Å². The molecule has 0 amide bonds. The molecule has 4 heterocycles. The number of esters is 2. The van der Waals surface area contributed by atoms with E-state index in [4.69, 9.17) is 47.4 Å². The number of carbonyl (C=O) groups excluding carboxylic acids is 2. The van der Waals surface area contributed by atoms with Gasteiger partial charge in [0, 0.05) is 24.0 Å². The third-order valence-electron chi connectivity index (χ3n) is 12.9. The van der Waals surface area contributed by atoms with E-state index in [9.17, 15) is 9.59 Å². The molecule has 0 spiro atoms. The van der Waals surface area contributed by atoms with Crippen LogP contribution in [0.25, 0.3) is 22.3 Å². The predicted octanol–water partition coefficient (Wildman–Crippen LogP) is 8.77. The lowest BCUT2D eigenvalue weighted by Crippen LogP contribution is -2.45. The second kappa shape index (κ2) is 21.9. The van der Waals surface area contributed by atoms with E-state index in [1.165, 1.54) is 0 Å². The highest BCUT2D eigenvalue weighted by Gasteiger charge is 2.51. The normalized spacial score (nSPS) is 21.6. The molecule has 4 aliphatic rings. The van der Waals surface area contributed by atoms with E-state index in [0.717, 1.165) is 125 Å². The Labute approximate surface area is 376 Å². The van der Waals surface area contributed by atoms with Crippen molar-refractivity contribution in [1.82, 2.24) is 0 Å². The average molecular weight is 879 g/mol. The molecule has 12 nitrogen and oxygen atoms in total. The molecule has 0 N–H and O–H groups in total. The van der Waals surface area contributed by atoms with E-state index in [1.807, 2.05) is 72.8 Å². The molecular weight excluding hydrogens is 817 g/mol. The summed E-state index contributed by atoms with van der Waals surface area (Å²) in [7, 11) is 0. The lowest BCUT2D eigenvalue weighted by atomic mass is 9.84. The highest BCUT2D eigenvalue weighted by molar-refractivity contribution is 5.91. The van der Waals surface area contributed by atoms with Gasteiger partial charge in [0.05, 0.1) is 77.2 Å². The van der Waals surface area contributed by atoms with Crippen LogP contribution in [0.5, 0.6) is 11.5 Å². The Bertz CT molecular complexity index is 1920. The molecular formula is C52H62O12. The summed E-state index contributed by atoms with van der Waals surface area (Å²) in [6.45, 7) is 12.1. The van der Waals surface area contributed by atoms with Gasteiger partial charge < -0.3 is 47.4 Å². The molecule has 0 radical (unpaired) electrons. The zero-order valence-corrected chi connectivity index (χ0v) is 37.2. The first-order valence-corrected chi connectivity index (χ1v) is 23.0. The fraction of sp³-hybridized carbons (Fsp3) is 0.500. The SMILES string of the molecule is CCC1(COCCCCOc2ccc(-c3ccc(C(=O)O[C@H]4COC5C4OC[C@H]5OC(=O)c4ccc(-c5ccc(OCCCCOCC6(CC)COC6)cc5)cc4)cc3)cc2)COC1. The number of benzene rings is 4. The molecule has 64 heavy (non-hydrogen) atoms. The van der Waals surface area contributed by atoms with Crippen molar-refractivity contribution in [3.05, 3.63) is 108 Å². The van der Waals surface area contributed by atoms with Crippen molar-refractivity contribution in [2.24, 2.45) is 10.8 Å². The maximum atomic E-state index is 13.2. The van der Waals surface area contributed by atoms with Crippen LogP contribution in [-0.4, -0.2) is 116 Å². The molecule has 0 aliphatic carbocycles. The third-order valence-corrected chi connectivity index (χ3v) is 12.9. The predicted molar refractivity (Wildman–Crippen MR) is 240 cm³/mol. The van der Waals surface area contributed by atoms with Gasteiger partial charge in [-0.2, -0.15) is 0 Å². The Morgan fingerprint density at radius 2 is 0.844 bits per heavy atom. The molecule has 342 valence electrons. The third kappa shape index (κ3) is 11.5. The average Bonchev–Trinajstić information content (AvgIpc) is 3.90. The standard InChI is InChI=1S/C52H62O12/c1-3-51(33-57-34-51)31-55-25-5-7-27-59-43-21-17-39(18-22-43)37-9-13-41(14-10-37)49(53)63-45-29-61-48-46(30-62-47(45)48)64-50(54)42-15-11-38(12-16-42)40-19-23-44(24-20-40)60-28-8-6-26-56-32-52(4-2)35-58-36-52/h9-24,45-48H,3-8,25-36H2,1-2H3/t45-,46+,47?,48?. The van der Waals surface area contributed by atoms with Crippen LogP contribution in [0.3, 0.4) is 0 Å². The van der Waals surface area contributed by atoms with Gasteiger partial charge in [0.25, 0.3) is 0 Å². The Kier molecular flexibility index (Phi) is 15.7. The first-order chi connectivity index (χ1) is 31.3. The summed E-state index contributed by atoms with van der Waals surface area (Å²) in [6, 6.07) is 30.5. The molecule has 4 aromatic rings. The molecule has 8 rings (SSSR count). The summed E-state index contributed by atoms with van der Waals surface area (Å²) in [5, 5.41) is 0. The molecule has 0 saturated carbocycles. The Morgan fingerprint density at radius 3 is 1.17 bits per heavy atom. The molecule has 4 atom stereocenters. The fourth-order valence-electron chi connectivity index (χ4n) is 8.26. The minimum atomic E-state index is -0.627. The van der Waals surface area contributed by atoms with Gasteiger partial charge in [-0.15, -0.1) is 0 Å². The summed E-state index contributed by atoms with van der Waals surface area (Å²) in [4.78, 5) is 26.4. The van der Waals surface area contributed by atoms with Crippen LogP contribution in [0.4, 0.5) is 0 Å². The summed E-state index contributed by atoms with van der Waals surface area (Å²) in [6.07, 6.45) is 3.58. The summed E-state index contributed by atoms with van der Waals surface area (Å²) in [5.74, 6) is 0.681. The topological polar surface area (TPSA) is 126 Å². The van der Waals surface area contributed by atoms with Crippen LogP contribution in [0.2, 0.25) is 0 Å². The smallest absolute Gasteiger partial charge is 0.338 e. The number of hydrogen-bond acceptors (Lipinski definition) is 12. The molecule has 4 aromatic carbocycles. The van der Waals surface area contributed by atoms with Crippen molar-refractivity contribution in [3.8, 4) is 33.8 Å². The monoisotopic (exact) mass is 878 g/mol. The van der Waals surface area contributed by atoms with Crippen molar-refractivity contribution >= 4 is 11.9 Å². The Balaban J connectivity index is 0.719. The fourth-order valence-corrected chi connectivity index (χ4v) is 8.26. The van der Waals surface area contributed by atoms with Gasteiger partial charge in [-0.05, 0) is 109 Å². The minimum absolute atomic E-state index is 0.147. The molecule has 2 unspecified atom stereocenters. The number of fused-ring (bicyclic) bond motifs is 1. The highest BCUT2D eigenvalue weighted by Crippen LogP contribution is 2.34. The largest absolute Gasteiger partial charge is 0.494 e. The lowest BCUT2D eigenvalue weighted by molar-refractivity contribution is -0.150. The van der Waals surface area contributed by atoms with Crippen molar-refractivity contribution in [2.75, 3.05) is 79.3 Å². The minimum Gasteiger partial charge on any atom is -0.494 e.